The van der Waals surface area contributed by atoms with Crippen molar-refractivity contribution in [1.29, 1.82) is 0 Å². The second-order valence-corrected chi connectivity index (χ2v) is 9.77. The average Bonchev–Trinajstić information content (AvgIpc) is 3.37. The molecule has 0 N–H and O–H groups in total. The van der Waals surface area contributed by atoms with E-state index in [4.69, 9.17) is 0 Å². The topological polar surface area (TPSA) is 0 Å². The molecule has 1 atom stereocenters. The first-order valence-electron chi connectivity index (χ1n) is 16.0. The Balaban J connectivity index is 0.000000704. The van der Waals surface area contributed by atoms with E-state index in [9.17, 15) is 0 Å². The number of aryl methyl sites for hydroxylation is 1. The van der Waals surface area contributed by atoms with Gasteiger partial charge in [0.15, 0.2) is 0 Å². The molecule has 1 unspecified atom stereocenters. The zero-order valence-corrected chi connectivity index (χ0v) is 28.7. The summed E-state index contributed by atoms with van der Waals surface area (Å²) in [6.07, 6.45) is 29.8. The van der Waals surface area contributed by atoms with Gasteiger partial charge in [-0.2, -0.15) is 0 Å². The SMILES string of the molecule is C/C=C\c1ccc(C2=CC3=CC(C=C2)C=Cc2c3ccc3ccc(/C=C/C)cc23)cc1C.C=C/C=C\C.C=CC.CC.CC. The van der Waals surface area contributed by atoms with E-state index in [1.807, 2.05) is 53.7 Å². The van der Waals surface area contributed by atoms with Gasteiger partial charge in [0.05, 0.1) is 0 Å². The number of benzene rings is 3. The monoisotopic (exact) mass is 582 g/mol. The zero-order chi connectivity index (χ0) is 32.9. The van der Waals surface area contributed by atoms with Gasteiger partial charge in [-0.05, 0) is 102 Å². The van der Waals surface area contributed by atoms with E-state index < -0.39 is 0 Å². The van der Waals surface area contributed by atoms with Crippen molar-refractivity contribution in [2.24, 2.45) is 5.92 Å². The first kappa shape index (κ1) is 37.6. The van der Waals surface area contributed by atoms with Crippen LogP contribution in [0.2, 0.25) is 0 Å². The van der Waals surface area contributed by atoms with E-state index in [0.717, 1.165) is 0 Å². The zero-order valence-electron chi connectivity index (χ0n) is 28.7. The van der Waals surface area contributed by atoms with Gasteiger partial charge in [0.2, 0.25) is 0 Å². The second-order valence-electron chi connectivity index (χ2n) is 9.77. The minimum absolute atomic E-state index is 0.295. The van der Waals surface area contributed by atoms with E-state index in [-0.39, 0.29) is 0 Å². The predicted octanol–water partition coefficient (Wildman–Crippen LogP) is 13.9. The molecule has 0 spiro atoms. The van der Waals surface area contributed by atoms with Crippen LogP contribution < -0.4 is 0 Å². The van der Waals surface area contributed by atoms with Crippen molar-refractivity contribution >= 4 is 40.1 Å². The lowest BCUT2D eigenvalue weighted by atomic mass is 9.91. The minimum Gasteiger partial charge on any atom is -0.103 e. The molecule has 0 radical (unpaired) electrons. The highest BCUT2D eigenvalue weighted by atomic mass is 14.2. The summed E-state index contributed by atoms with van der Waals surface area (Å²) in [6.45, 7) is 25.0. The standard InChI is InChI=1S/C32H28.C5H8.C3H6.2C2H6/c1-4-6-23-8-11-26-15-17-30-29-19-24(10-16-31(30)32(26)20-23)9-12-28(21-29)27-14-13-25(7-5-2)22(3)18-27;1-3-5-4-2;1-3-2;2*1-2/h4-21,24H,1-3H3;3-5H,1H2,2H3;3H,1H2,2H3;2*1-2H3/b6-4+,7-5-;5-4-;;;. The smallest absolute Gasteiger partial charge is 0.0143 e. The number of hydrogen-bond donors (Lipinski definition) is 0. The van der Waals surface area contributed by atoms with E-state index in [1.165, 1.54) is 55.3 Å². The Hall–Kier alpha value is -4.42. The summed E-state index contributed by atoms with van der Waals surface area (Å²) < 4.78 is 0. The summed E-state index contributed by atoms with van der Waals surface area (Å²) in [5.74, 6) is 0.295. The van der Waals surface area contributed by atoms with Gasteiger partial charge >= 0.3 is 0 Å². The van der Waals surface area contributed by atoms with E-state index in [0.29, 0.717) is 5.92 Å². The molecular formula is C44H54. The van der Waals surface area contributed by atoms with Crippen LogP contribution in [0.3, 0.4) is 0 Å². The van der Waals surface area contributed by atoms with Crippen molar-refractivity contribution < 1.29 is 0 Å². The summed E-state index contributed by atoms with van der Waals surface area (Å²) in [5.41, 5.74) is 10.3. The summed E-state index contributed by atoms with van der Waals surface area (Å²) >= 11 is 0. The van der Waals surface area contributed by atoms with Crippen molar-refractivity contribution in [1.82, 2.24) is 0 Å². The van der Waals surface area contributed by atoms with Crippen LogP contribution in [0.15, 0.2) is 129 Å². The Bertz CT molecular complexity index is 1560. The first-order valence-corrected chi connectivity index (χ1v) is 16.0. The number of allylic oxidation sites excluding steroid dienone is 13. The van der Waals surface area contributed by atoms with Crippen LogP contribution in [0.4, 0.5) is 0 Å². The minimum atomic E-state index is 0.295. The van der Waals surface area contributed by atoms with Gasteiger partial charge in [-0.15, -0.1) is 6.58 Å². The molecule has 0 nitrogen and oxygen atoms in total. The van der Waals surface area contributed by atoms with Crippen molar-refractivity contribution in [3.63, 3.8) is 0 Å². The van der Waals surface area contributed by atoms with Gasteiger partial charge < -0.3 is 0 Å². The molecule has 230 valence electrons. The maximum atomic E-state index is 3.46. The van der Waals surface area contributed by atoms with Gasteiger partial charge in [-0.25, -0.2) is 0 Å². The molecule has 2 aliphatic carbocycles. The number of hydrogen-bond acceptors (Lipinski definition) is 0. The maximum absolute atomic E-state index is 3.46. The molecule has 2 bridgehead atoms. The highest BCUT2D eigenvalue weighted by Crippen LogP contribution is 2.37. The Morgan fingerprint density at radius 3 is 1.95 bits per heavy atom. The molecule has 0 fully saturated rings. The van der Waals surface area contributed by atoms with Crippen molar-refractivity contribution in [2.45, 2.75) is 62.3 Å². The van der Waals surface area contributed by atoms with Crippen molar-refractivity contribution in [3.05, 3.63) is 162 Å². The van der Waals surface area contributed by atoms with Gasteiger partial charge in [-0.1, -0.05) is 156 Å². The lowest BCUT2D eigenvalue weighted by Crippen LogP contribution is -1.91. The van der Waals surface area contributed by atoms with E-state index in [2.05, 4.69) is 143 Å². The van der Waals surface area contributed by atoms with Crippen molar-refractivity contribution in [2.75, 3.05) is 0 Å². The molecule has 0 saturated heterocycles. The first-order chi connectivity index (χ1) is 21.5. The normalized spacial score (nSPS) is 14.2. The largest absolute Gasteiger partial charge is 0.103 e. The van der Waals surface area contributed by atoms with Gasteiger partial charge in [0, 0.05) is 5.92 Å². The summed E-state index contributed by atoms with van der Waals surface area (Å²) in [7, 11) is 0. The molecule has 0 aromatic heterocycles. The quantitative estimate of drug-likeness (QED) is 0.212. The third-order valence-electron chi connectivity index (χ3n) is 6.70. The van der Waals surface area contributed by atoms with Crippen LogP contribution in [0.5, 0.6) is 0 Å². The van der Waals surface area contributed by atoms with Crippen LogP contribution >= 0.6 is 0 Å². The highest BCUT2D eigenvalue weighted by Gasteiger charge is 2.16. The fourth-order valence-electron chi connectivity index (χ4n) is 4.86. The van der Waals surface area contributed by atoms with Gasteiger partial charge in [0.25, 0.3) is 0 Å². The Kier molecular flexibility index (Phi) is 18.2. The number of rotatable bonds is 4. The van der Waals surface area contributed by atoms with Gasteiger partial charge in [-0.3, -0.25) is 0 Å². The molecule has 3 aromatic rings. The van der Waals surface area contributed by atoms with Crippen LogP contribution in [-0.2, 0) is 0 Å². The third-order valence-corrected chi connectivity index (χ3v) is 6.70. The summed E-state index contributed by atoms with van der Waals surface area (Å²) in [4.78, 5) is 0. The number of fused-ring (bicyclic) bond motifs is 5. The Morgan fingerprint density at radius 2 is 1.36 bits per heavy atom. The summed E-state index contributed by atoms with van der Waals surface area (Å²) in [5, 5.41) is 2.60. The molecule has 0 heterocycles. The maximum Gasteiger partial charge on any atom is 0.0143 e. The molecule has 2 aliphatic rings. The summed E-state index contributed by atoms with van der Waals surface area (Å²) in [6, 6.07) is 18.0. The molecule has 0 amide bonds. The lowest BCUT2D eigenvalue weighted by Gasteiger charge is -2.13. The Morgan fingerprint density at radius 1 is 0.705 bits per heavy atom. The molecule has 0 aliphatic heterocycles. The van der Waals surface area contributed by atoms with Crippen LogP contribution in [-0.4, -0.2) is 0 Å². The van der Waals surface area contributed by atoms with E-state index in [1.54, 1.807) is 12.2 Å². The molecule has 44 heavy (non-hydrogen) atoms. The highest BCUT2D eigenvalue weighted by molar-refractivity contribution is 6.01. The predicted molar refractivity (Wildman–Crippen MR) is 206 cm³/mol. The van der Waals surface area contributed by atoms with Crippen molar-refractivity contribution in [3.8, 4) is 0 Å². The molecular weight excluding hydrogens is 528 g/mol. The molecule has 5 rings (SSSR count). The molecule has 3 aromatic carbocycles. The third kappa shape index (κ3) is 10.7. The van der Waals surface area contributed by atoms with Gasteiger partial charge in [0.1, 0.15) is 0 Å². The van der Waals surface area contributed by atoms with Crippen LogP contribution in [0.25, 0.3) is 40.1 Å². The molecule has 0 heteroatoms. The Labute approximate surface area is 269 Å². The van der Waals surface area contributed by atoms with Crippen LogP contribution in [0.1, 0.15) is 88.8 Å². The lowest BCUT2D eigenvalue weighted by molar-refractivity contribution is 1.09. The fraction of sp³-hybridized carbons (Fsp3) is 0.227. The molecule has 0 saturated carbocycles. The van der Waals surface area contributed by atoms with E-state index >= 15 is 0 Å². The second kappa shape index (κ2) is 21.3. The fourth-order valence-corrected chi connectivity index (χ4v) is 4.86. The van der Waals surface area contributed by atoms with Crippen LogP contribution in [0, 0.1) is 12.8 Å². The average molecular weight is 583 g/mol.